The van der Waals surface area contributed by atoms with Crippen molar-refractivity contribution >= 4 is 43.3 Å². The molecule has 0 aliphatic heterocycles. The Morgan fingerprint density at radius 2 is 1.68 bits per heavy atom. The second-order valence-corrected chi connectivity index (χ2v) is 6.33. The number of rotatable bonds is 1. The summed E-state index contributed by atoms with van der Waals surface area (Å²) < 4.78 is 7.22. The van der Waals surface area contributed by atoms with Crippen molar-refractivity contribution in [3.8, 4) is 10.8 Å². The predicted molar refractivity (Wildman–Crippen MR) is 92.3 cm³/mol. The van der Waals surface area contributed by atoms with Crippen LogP contribution in [0.3, 0.4) is 0 Å². The van der Waals surface area contributed by atoms with Crippen molar-refractivity contribution in [2.24, 2.45) is 0 Å². The molecular formula is C19H11NOS. The van der Waals surface area contributed by atoms with E-state index in [0.717, 1.165) is 27.3 Å². The molecule has 22 heavy (non-hydrogen) atoms. The van der Waals surface area contributed by atoms with E-state index in [9.17, 15) is 0 Å². The summed E-state index contributed by atoms with van der Waals surface area (Å²) in [5.41, 5.74) is 1.93. The van der Waals surface area contributed by atoms with Crippen LogP contribution in [-0.4, -0.2) is 4.98 Å². The van der Waals surface area contributed by atoms with E-state index in [-0.39, 0.29) is 0 Å². The quantitative estimate of drug-likeness (QED) is 0.387. The molecule has 2 nitrogen and oxygen atoms in total. The Morgan fingerprint density at radius 1 is 0.818 bits per heavy atom. The number of thiazole rings is 1. The molecule has 3 heteroatoms. The van der Waals surface area contributed by atoms with Crippen LogP contribution in [0.4, 0.5) is 0 Å². The first kappa shape index (κ1) is 12.0. The molecule has 0 bridgehead atoms. The molecule has 5 aromatic rings. The van der Waals surface area contributed by atoms with Crippen LogP contribution in [0.5, 0.6) is 0 Å². The fourth-order valence-corrected chi connectivity index (χ4v) is 3.79. The van der Waals surface area contributed by atoms with Crippen LogP contribution in [0, 0.1) is 0 Å². The normalized spacial score (nSPS) is 11.6. The number of fused-ring (bicyclic) bond motifs is 4. The summed E-state index contributed by atoms with van der Waals surface area (Å²) in [5.74, 6) is 0.840. The van der Waals surface area contributed by atoms with Crippen LogP contribution in [-0.2, 0) is 0 Å². The van der Waals surface area contributed by atoms with Crippen molar-refractivity contribution in [1.82, 2.24) is 4.98 Å². The van der Waals surface area contributed by atoms with Crippen molar-refractivity contribution in [2.75, 3.05) is 0 Å². The summed E-state index contributed by atoms with van der Waals surface area (Å²) in [5, 5.41) is 4.52. The Bertz CT molecular complexity index is 1100. The van der Waals surface area contributed by atoms with Gasteiger partial charge in [0.1, 0.15) is 5.58 Å². The van der Waals surface area contributed by atoms with Gasteiger partial charge in [-0.25, -0.2) is 4.98 Å². The highest BCUT2D eigenvalue weighted by Crippen LogP contribution is 2.36. The molecule has 0 atom stereocenters. The number of benzene rings is 3. The van der Waals surface area contributed by atoms with Gasteiger partial charge in [0.2, 0.25) is 0 Å². The van der Waals surface area contributed by atoms with E-state index in [4.69, 9.17) is 4.42 Å². The number of furan rings is 1. The highest BCUT2D eigenvalue weighted by atomic mass is 32.1. The second kappa shape index (κ2) is 4.42. The van der Waals surface area contributed by atoms with Crippen molar-refractivity contribution in [3.63, 3.8) is 0 Å². The maximum atomic E-state index is 6.04. The summed E-state index contributed by atoms with van der Waals surface area (Å²) in [6.07, 6.45) is 0. The smallest absolute Gasteiger partial charge is 0.164 e. The van der Waals surface area contributed by atoms with Gasteiger partial charge in [0.15, 0.2) is 10.8 Å². The molecule has 0 aliphatic rings. The Morgan fingerprint density at radius 3 is 2.64 bits per heavy atom. The molecule has 2 aromatic heterocycles. The summed E-state index contributed by atoms with van der Waals surface area (Å²) in [7, 11) is 0. The molecule has 0 amide bonds. The number of nitrogens with zero attached hydrogens (tertiary/aromatic N) is 1. The molecule has 0 radical (unpaired) electrons. The largest absolute Gasteiger partial charge is 0.454 e. The van der Waals surface area contributed by atoms with Crippen LogP contribution in [0.1, 0.15) is 0 Å². The van der Waals surface area contributed by atoms with Crippen molar-refractivity contribution < 1.29 is 4.42 Å². The maximum Gasteiger partial charge on any atom is 0.164 e. The minimum atomic E-state index is 0.840. The van der Waals surface area contributed by atoms with Gasteiger partial charge < -0.3 is 4.42 Å². The van der Waals surface area contributed by atoms with Crippen LogP contribution in [0.25, 0.3) is 42.7 Å². The van der Waals surface area contributed by atoms with Crippen LogP contribution < -0.4 is 0 Å². The van der Waals surface area contributed by atoms with Gasteiger partial charge in [-0.1, -0.05) is 42.5 Å². The number of hydrogen-bond acceptors (Lipinski definition) is 3. The Labute approximate surface area is 130 Å². The maximum absolute atomic E-state index is 6.04. The SMILES string of the molecule is c1ccc2c(c1)ccc1oc(-c3nc4ccccc4s3)cc12. The zero-order valence-electron chi connectivity index (χ0n) is 11.6. The van der Waals surface area contributed by atoms with E-state index in [1.54, 1.807) is 11.3 Å². The minimum Gasteiger partial charge on any atom is -0.454 e. The molecule has 0 spiro atoms. The first-order valence-electron chi connectivity index (χ1n) is 7.16. The standard InChI is InChI=1S/C19H11NOS/c1-2-6-13-12(5-1)9-10-16-14(13)11-17(21-16)19-20-15-7-3-4-8-18(15)22-19/h1-11H. The summed E-state index contributed by atoms with van der Waals surface area (Å²) in [4.78, 5) is 4.68. The van der Waals surface area contributed by atoms with Gasteiger partial charge in [0.05, 0.1) is 10.2 Å². The Balaban J connectivity index is 1.79. The Kier molecular flexibility index (Phi) is 2.40. The molecule has 0 saturated heterocycles. The van der Waals surface area contributed by atoms with Gasteiger partial charge in [-0.2, -0.15) is 0 Å². The number of para-hydroxylation sites is 1. The van der Waals surface area contributed by atoms with Gasteiger partial charge in [-0.3, -0.25) is 0 Å². The monoisotopic (exact) mass is 301 g/mol. The van der Waals surface area contributed by atoms with Crippen LogP contribution in [0.15, 0.2) is 71.1 Å². The van der Waals surface area contributed by atoms with Crippen molar-refractivity contribution in [2.45, 2.75) is 0 Å². The fraction of sp³-hybridized carbons (Fsp3) is 0. The summed E-state index contributed by atoms with van der Waals surface area (Å²) in [6, 6.07) is 22.8. The average Bonchev–Trinajstić information content (AvgIpc) is 3.18. The number of hydrogen-bond donors (Lipinski definition) is 0. The molecule has 3 aromatic carbocycles. The molecule has 2 heterocycles. The third-order valence-corrected chi connectivity index (χ3v) is 4.98. The van der Waals surface area contributed by atoms with Gasteiger partial charge in [-0.15, -0.1) is 11.3 Å². The van der Waals surface area contributed by atoms with Gasteiger partial charge >= 0.3 is 0 Å². The topological polar surface area (TPSA) is 26.0 Å². The van der Waals surface area contributed by atoms with E-state index in [1.165, 1.54) is 15.5 Å². The van der Waals surface area contributed by atoms with Crippen molar-refractivity contribution in [3.05, 3.63) is 66.7 Å². The van der Waals surface area contributed by atoms with E-state index >= 15 is 0 Å². The first-order chi connectivity index (χ1) is 10.9. The highest BCUT2D eigenvalue weighted by molar-refractivity contribution is 7.21. The van der Waals surface area contributed by atoms with Gasteiger partial charge in [0.25, 0.3) is 0 Å². The first-order valence-corrected chi connectivity index (χ1v) is 7.97. The van der Waals surface area contributed by atoms with Crippen molar-refractivity contribution in [1.29, 1.82) is 0 Å². The lowest BCUT2D eigenvalue weighted by molar-refractivity contribution is 0.631. The third-order valence-electron chi connectivity index (χ3n) is 3.93. The predicted octanol–water partition coefficient (Wildman–Crippen LogP) is 5.86. The highest BCUT2D eigenvalue weighted by Gasteiger charge is 2.12. The van der Waals surface area contributed by atoms with E-state index in [2.05, 4.69) is 47.4 Å². The van der Waals surface area contributed by atoms with Crippen LogP contribution in [0.2, 0.25) is 0 Å². The molecule has 0 aliphatic carbocycles. The molecule has 0 unspecified atom stereocenters. The van der Waals surface area contributed by atoms with Gasteiger partial charge in [0, 0.05) is 5.39 Å². The fourth-order valence-electron chi connectivity index (χ4n) is 2.88. The third kappa shape index (κ3) is 1.69. The molecular weight excluding hydrogens is 290 g/mol. The van der Waals surface area contributed by atoms with Gasteiger partial charge in [-0.05, 0) is 35.0 Å². The lowest BCUT2D eigenvalue weighted by Gasteiger charge is -1.96. The van der Waals surface area contributed by atoms with E-state index in [1.807, 2.05) is 24.3 Å². The molecule has 0 fully saturated rings. The molecule has 104 valence electrons. The lowest BCUT2D eigenvalue weighted by Crippen LogP contribution is -1.71. The summed E-state index contributed by atoms with van der Waals surface area (Å²) >= 11 is 1.67. The zero-order valence-corrected chi connectivity index (χ0v) is 12.4. The zero-order chi connectivity index (χ0) is 14.5. The van der Waals surface area contributed by atoms with E-state index in [0.29, 0.717) is 0 Å². The summed E-state index contributed by atoms with van der Waals surface area (Å²) in [6.45, 7) is 0. The van der Waals surface area contributed by atoms with E-state index < -0.39 is 0 Å². The second-order valence-electron chi connectivity index (χ2n) is 5.30. The minimum absolute atomic E-state index is 0.840. The average molecular weight is 301 g/mol. The lowest BCUT2D eigenvalue weighted by atomic mass is 10.1. The number of aromatic nitrogens is 1. The molecule has 0 N–H and O–H groups in total. The Hall–Kier alpha value is -2.65. The molecule has 0 saturated carbocycles. The van der Waals surface area contributed by atoms with Crippen LogP contribution >= 0.6 is 11.3 Å². The molecule has 5 rings (SSSR count).